The van der Waals surface area contributed by atoms with Crippen molar-refractivity contribution in [2.75, 3.05) is 0 Å². The Labute approximate surface area is 104 Å². The van der Waals surface area contributed by atoms with E-state index in [-0.39, 0.29) is 6.15 Å². The molecule has 0 atom stereocenters. The molecular formula is C12H13N3O3. The number of benzene rings is 1. The molecule has 0 saturated carbocycles. The molecule has 2 aromatic rings. The van der Waals surface area contributed by atoms with E-state index >= 15 is 0 Å². The van der Waals surface area contributed by atoms with Gasteiger partial charge < -0.3 is 4.74 Å². The van der Waals surface area contributed by atoms with Crippen molar-refractivity contribution in [3.05, 3.63) is 41.1 Å². The lowest BCUT2D eigenvalue weighted by Gasteiger charge is -2.06. The zero-order valence-electron chi connectivity index (χ0n) is 10.1. The fraction of sp³-hybridized carbons (Fsp3) is 0.250. The molecule has 1 N–H and O–H groups in total. The lowest BCUT2D eigenvalue weighted by atomic mass is 10.1. The van der Waals surface area contributed by atoms with Crippen molar-refractivity contribution in [1.29, 1.82) is 0 Å². The molecule has 1 aromatic heterocycles. The van der Waals surface area contributed by atoms with Gasteiger partial charge in [-0.15, -0.1) is 5.10 Å². The van der Waals surface area contributed by atoms with Gasteiger partial charge in [0.1, 0.15) is 12.8 Å². The molecule has 6 heteroatoms. The van der Waals surface area contributed by atoms with Gasteiger partial charge in [-0.25, -0.2) is 0 Å². The third-order valence-electron chi connectivity index (χ3n) is 2.27. The summed E-state index contributed by atoms with van der Waals surface area (Å²) >= 11 is 0. The zero-order valence-corrected chi connectivity index (χ0v) is 10.1. The van der Waals surface area contributed by atoms with Crippen LogP contribution in [0.25, 0.3) is 0 Å². The van der Waals surface area contributed by atoms with E-state index in [0.29, 0.717) is 12.5 Å². The number of hydrogen-bond donors (Lipinski definition) is 1. The number of carbonyl (C=O) groups excluding carboxylic acids is 2. The molecule has 0 aliphatic rings. The van der Waals surface area contributed by atoms with E-state index in [1.165, 1.54) is 16.7 Å². The number of aromatic nitrogens is 3. The Bertz CT molecular complexity index is 517. The lowest BCUT2D eigenvalue weighted by molar-refractivity contribution is -0.191. The van der Waals surface area contributed by atoms with Gasteiger partial charge in [-0.3, -0.25) is 0 Å². The summed E-state index contributed by atoms with van der Waals surface area (Å²) in [5.41, 5.74) is 3.67. The van der Waals surface area contributed by atoms with Crippen LogP contribution in [0, 0.1) is 13.8 Å². The normalized spacial score (nSPS) is 9.00. The smallest absolute Gasteiger partial charge is 0.373 e. The lowest BCUT2D eigenvalue weighted by Crippen LogP contribution is -1.98. The molecule has 2 rings (SSSR count). The van der Waals surface area contributed by atoms with Crippen molar-refractivity contribution in [3.63, 3.8) is 0 Å². The molecule has 18 heavy (non-hydrogen) atoms. The standard InChI is InChI=1S/C11H13N3O.CO2/c1-8-3-4-10(9(2)5-8)7-15-11-6-12-14-13-11;2-1-3/h3-6H,7H2,1-2H3,(H,12,13,14);. The Morgan fingerprint density at radius 2 is 2.06 bits per heavy atom. The molecule has 0 fully saturated rings. The fourth-order valence-corrected chi connectivity index (χ4v) is 1.42. The minimum Gasteiger partial charge on any atom is -0.471 e. The maximum Gasteiger partial charge on any atom is 0.373 e. The highest BCUT2D eigenvalue weighted by Gasteiger charge is 2.01. The topological polar surface area (TPSA) is 84.9 Å². The van der Waals surface area contributed by atoms with Crippen LogP contribution in [0.1, 0.15) is 16.7 Å². The first kappa shape index (κ1) is 13.6. The summed E-state index contributed by atoms with van der Waals surface area (Å²) in [4.78, 5) is 16.2. The number of hydrogen-bond acceptors (Lipinski definition) is 5. The second-order valence-electron chi connectivity index (χ2n) is 3.61. The Morgan fingerprint density at radius 1 is 1.33 bits per heavy atom. The van der Waals surface area contributed by atoms with Gasteiger partial charge in [-0.2, -0.15) is 19.9 Å². The minimum atomic E-state index is 0.250. The quantitative estimate of drug-likeness (QED) is 0.886. The zero-order chi connectivity index (χ0) is 13.4. The predicted molar refractivity (Wildman–Crippen MR) is 61.6 cm³/mol. The summed E-state index contributed by atoms with van der Waals surface area (Å²) < 4.78 is 5.45. The van der Waals surface area contributed by atoms with E-state index in [4.69, 9.17) is 14.3 Å². The number of rotatable bonds is 3. The highest BCUT2D eigenvalue weighted by molar-refractivity contribution is 5.30. The fourth-order valence-electron chi connectivity index (χ4n) is 1.42. The van der Waals surface area contributed by atoms with Gasteiger partial charge in [0.2, 0.25) is 0 Å². The van der Waals surface area contributed by atoms with Gasteiger partial charge in [0.25, 0.3) is 5.88 Å². The van der Waals surface area contributed by atoms with E-state index in [1.807, 2.05) is 0 Å². The Morgan fingerprint density at radius 3 is 2.61 bits per heavy atom. The van der Waals surface area contributed by atoms with E-state index < -0.39 is 0 Å². The van der Waals surface area contributed by atoms with Crippen molar-refractivity contribution in [1.82, 2.24) is 15.4 Å². The van der Waals surface area contributed by atoms with Crippen molar-refractivity contribution in [3.8, 4) is 5.88 Å². The van der Waals surface area contributed by atoms with Crippen molar-refractivity contribution >= 4 is 6.15 Å². The third-order valence-corrected chi connectivity index (χ3v) is 2.27. The number of ether oxygens (including phenoxy) is 1. The van der Waals surface area contributed by atoms with Crippen LogP contribution in [0.4, 0.5) is 0 Å². The van der Waals surface area contributed by atoms with Crippen LogP contribution in [0.15, 0.2) is 24.4 Å². The molecule has 0 spiro atoms. The maximum atomic E-state index is 8.12. The van der Waals surface area contributed by atoms with Gasteiger partial charge in [-0.05, 0) is 25.0 Å². The summed E-state index contributed by atoms with van der Waals surface area (Å²) in [7, 11) is 0. The van der Waals surface area contributed by atoms with Crippen LogP contribution < -0.4 is 4.74 Å². The minimum absolute atomic E-state index is 0.250. The summed E-state index contributed by atoms with van der Waals surface area (Å²) in [6.45, 7) is 4.68. The number of nitrogens with zero attached hydrogens (tertiary/aromatic N) is 2. The molecule has 1 aromatic carbocycles. The number of aromatic amines is 1. The summed E-state index contributed by atoms with van der Waals surface area (Å²) in [6, 6.07) is 6.29. The largest absolute Gasteiger partial charge is 0.471 e. The number of aryl methyl sites for hydroxylation is 2. The summed E-state index contributed by atoms with van der Waals surface area (Å²) in [5.74, 6) is 0.523. The highest BCUT2D eigenvalue weighted by atomic mass is 16.5. The molecule has 0 unspecified atom stereocenters. The molecule has 0 saturated heterocycles. The van der Waals surface area contributed by atoms with Gasteiger partial charge in [0, 0.05) is 0 Å². The second kappa shape index (κ2) is 6.98. The molecule has 0 aliphatic carbocycles. The van der Waals surface area contributed by atoms with Gasteiger partial charge in [0.05, 0.1) is 0 Å². The van der Waals surface area contributed by atoms with Crippen LogP contribution in [0.5, 0.6) is 5.88 Å². The van der Waals surface area contributed by atoms with Crippen LogP contribution in [-0.2, 0) is 16.2 Å². The van der Waals surface area contributed by atoms with Crippen LogP contribution in [-0.4, -0.2) is 21.6 Å². The SMILES string of the molecule is Cc1ccc(COc2cn[nH]n2)c(C)c1.O=C=O. The van der Waals surface area contributed by atoms with Crippen molar-refractivity contribution in [2.24, 2.45) is 0 Å². The van der Waals surface area contributed by atoms with Gasteiger partial charge >= 0.3 is 6.15 Å². The molecule has 1 heterocycles. The monoisotopic (exact) mass is 247 g/mol. The third kappa shape index (κ3) is 4.19. The van der Waals surface area contributed by atoms with Gasteiger partial charge in [-0.1, -0.05) is 23.8 Å². The van der Waals surface area contributed by atoms with E-state index in [2.05, 4.69) is 47.5 Å². The van der Waals surface area contributed by atoms with Crippen LogP contribution >= 0.6 is 0 Å². The van der Waals surface area contributed by atoms with Crippen LogP contribution in [0.2, 0.25) is 0 Å². The molecule has 0 radical (unpaired) electrons. The number of H-pyrrole nitrogens is 1. The average molecular weight is 247 g/mol. The number of nitrogens with one attached hydrogen (secondary N) is 1. The van der Waals surface area contributed by atoms with Crippen LogP contribution in [0.3, 0.4) is 0 Å². The van der Waals surface area contributed by atoms with Crippen molar-refractivity contribution in [2.45, 2.75) is 20.5 Å². The van der Waals surface area contributed by atoms with Crippen molar-refractivity contribution < 1.29 is 14.3 Å². The first-order chi connectivity index (χ1) is 8.67. The molecule has 0 amide bonds. The second-order valence-corrected chi connectivity index (χ2v) is 3.61. The average Bonchev–Trinajstić information content (AvgIpc) is 2.82. The summed E-state index contributed by atoms with van der Waals surface area (Å²) in [6.07, 6.45) is 1.81. The Hall–Kier alpha value is -2.46. The molecular weight excluding hydrogens is 234 g/mol. The van der Waals surface area contributed by atoms with Gasteiger partial charge in [0.15, 0.2) is 0 Å². The molecule has 0 bridgehead atoms. The van der Waals surface area contributed by atoms with E-state index in [9.17, 15) is 0 Å². The van der Waals surface area contributed by atoms with E-state index in [1.54, 1.807) is 6.20 Å². The maximum absolute atomic E-state index is 8.12. The molecule has 94 valence electrons. The first-order valence-corrected chi connectivity index (χ1v) is 5.21. The van der Waals surface area contributed by atoms with E-state index in [0.717, 1.165) is 0 Å². The Kier molecular flexibility index (Phi) is 5.28. The molecule has 0 aliphatic heterocycles. The highest BCUT2D eigenvalue weighted by Crippen LogP contribution is 2.12. The predicted octanol–water partition coefficient (Wildman–Crippen LogP) is 1.42. The Balaban J connectivity index is 0.000000492. The first-order valence-electron chi connectivity index (χ1n) is 5.21. The molecule has 6 nitrogen and oxygen atoms in total. The summed E-state index contributed by atoms with van der Waals surface area (Å²) in [5, 5.41) is 9.99.